The Labute approximate surface area is 162 Å². The van der Waals surface area contributed by atoms with Crippen LogP contribution in [0.3, 0.4) is 0 Å². The van der Waals surface area contributed by atoms with Crippen molar-refractivity contribution < 1.29 is 14.1 Å². The normalized spacial score (nSPS) is 16.7. The number of rotatable bonds is 5. The number of para-hydroxylation sites is 1. The van der Waals surface area contributed by atoms with E-state index in [9.17, 15) is 4.79 Å². The first-order valence-corrected chi connectivity index (χ1v) is 9.24. The number of nitrogens with two attached hydrogens (primary N) is 1. The summed E-state index contributed by atoms with van der Waals surface area (Å²) in [6, 6.07) is 14.3. The summed E-state index contributed by atoms with van der Waals surface area (Å²) in [5.74, 6) is 1.72. The Morgan fingerprint density at radius 1 is 1.14 bits per heavy atom. The fraction of sp³-hybridized carbons (Fsp3) is 0.300. The third-order valence-corrected chi connectivity index (χ3v) is 4.66. The maximum absolute atomic E-state index is 12.8. The lowest BCUT2D eigenvalue weighted by atomic mass is 10.0. The molecule has 1 fully saturated rings. The lowest BCUT2D eigenvalue weighted by Crippen LogP contribution is -2.41. The Hall–Kier alpha value is -3.42. The number of hydrogen-bond acceptors (Lipinski definition) is 7. The molecule has 1 atom stereocenters. The van der Waals surface area contributed by atoms with Gasteiger partial charge in [0.05, 0.1) is 6.04 Å². The van der Waals surface area contributed by atoms with Crippen molar-refractivity contribution in [3.63, 3.8) is 0 Å². The number of aromatic nitrogens is 3. The van der Waals surface area contributed by atoms with Gasteiger partial charge in [-0.1, -0.05) is 29.4 Å². The second-order valence-corrected chi connectivity index (χ2v) is 6.61. The number of nitrogens with zero attached hydrogens (tertiary/aromatic N) is 4. The highest BCUT2D eigenvalue weighted by Gasteiger charge is 2.32. The molecule has 3 heterocycles. The number of pyridine rings is 1. The van der Waals surface area contributed by atoms with Crippen LogP contribution in [0.4, 0.5) is 5.82 Å². The molecule has 1 aliphatic heterocycles. The lowest BCUT2D eigenvalue weighted by molar-refractivity contribution is -0.137. The average Bonchev–Trinajstić information content (AvgIpc) is 3.23. The first-order chi connectivity index (χ1) is 13.7. The molecule has 0 spiro atoms. The molecule has 2 aromatic heterocycles. The quantitative estimate of drug-likeness (QED) is 0.726. The highest BCUT2D eigenvalue weighted by Crippen LogP contribution is 2.30. The number of amides is 1. The standard InChI is InChI=1S/C20H21N5O3/c21-17-11-6-9-15(22-17)20-23-19(24-28-20)16-10-4-5-12-25(16)18(26)13-27-14-7-2-1-3-8-14/h1-3,6-9,11,16H,4-5,10,12-13H2,(H2,21,22). The van der Waals surface area contributed by atoms with Gasteiger partial charge in [-0.2, -0.15) is 4.98 Å². The van der Waals surface area contributed by atoms with E-state index in [0.717, 1.165) is 19.3 Å². The molecular weight excluding hydrogens is 358 g/mol. The summed E-state index contributed by atoms with van der Waals surface area (Å²) in [7, 11) is 0. The molecule has 8 nitrogen and oxygen atoms in total. The van der Waals surface area contributed by atoms with E-state index in [1.54, 1.807) is 23.1 Å². The van der Waals surface area contributed by atoms with Crippen LogP contribution in [0.25, 0.3) is 11.6 Å². The maximum Gasteiger partial charge on any atom is 0.276 e. The number of hydrogen-bond donors (Lipinski definition) is 1. The highest BCUT2D eigenvalue weighted by molar-refractivity contribution is 5.78. The van der Waals surface area contributed by atoms with Gasteiger partial charge in [-0.05, 0) is 43.5 Å². The molecule has 8 heteroatoms. The maximum atomic E-state index is 12.8. The van der Waals surface area contributed by atoms with Crippen LogP contribution in [0, 0.1) is 0 Å². The fourth-order valence-electron chi connectivity index (χ4n) is 3.29. The molecule has 0 aliphatic carbocycles. The SMILES string of the molecule is Nc1cccc(-c2nc(C3CCCCN3C(=O)COc3ccccc3)no2)n1. The Bertz CT molecular complexity index is 944. The largest absolute Gasteiger partial charge is 0.484 e. The van der Waals surface area contributed by atoms with Crippen molar-refractivity contribution in [1.82, 2.24) is 20.0 Å². The first kappa shape index (κ1) is 18.0. The minimum atomic E-state index is -0.237. The molecule has 3 aromatic rings. The number of carbonyl (C=O) groups is 1. The Morgan fingerprint density at radius 2 is 2.00 bits per heavy atom. The van der Waals surface area contributed by atoms with Gasteiger partial charge in [0.2, 0.25) is 0 Å². The van der Waals surface area contributed by atoms with Gasteiger partial charge in [0.25, 0.3) is 11.8 Å². The topological polar surface area (TPSA) is 107 Å². The summed E-state index contributed by atoms with van der Waals surface area (Å²) >= 11 is 0. The van der Waals surface area contributed by atoms with E-state index >= 15 is 0 Å². The number of ether oxygens (including phenoxy) is 1. The molecule has 1 unspecified atom stereocenters. The van der Waals surface area contributed by atoms with Crippen molar-refractivity contribution in [3.8, 4) is 17.3 Å². The molecule has 0 bridgehead atoms. The molecule has 144 valence electrons. The Morgan fingerprint density at radius 3 is 2.82 bits per heavy atom. The molecule has 4 rings (SSSR count). The molecule has 1 saturated heterocycles. The van der Waals surface area contributed by atoms with Crippen molar-refractivity contribution >= 4 is 11.7 Å². The van der Waals surface area contributed by atoms with Crippen LogP contribution in [0.15, 0.2) is 53.1 Å². The number of piperidine rings is 1. The highest BCUT2D eigenvalue weighted by atomic mass is 16.5. The van der Waals surface area contributed by atoms with Gasteiger partial charge in [-0.3, -0.25) is 4.79 Å². The van der Waals surface area contributed by atoms with Crippen molar-refractivity contribution in [2.45, 2.75) is 25.3 Å². The molecule has 1 aromatic carbocycles. The smallest absolute Gasteiger partial charge is 0.276 e. The first-order valence-electron chi connectivity index (χ1n) is 9.24. The number of anilines is 1. The van der Waals surface area contributed by atoms with Gasteiger partial charge in [0, 0.05) is 6.54 Å². The van der Waals surface area contributed by atoms with Gasteiger partial charge in [0.15, 0.2) is 12.4 Å². The van der Waals surface area contributed by atoms with E-state index in [2.05, 4.69) is 15.1 Å². The second-order valence-electron chi connectivity index (χ2n) is 6.61. The zero-order chi connectivity index (χ0) is 19.3. The summed E-state index contributed by atoms with van der Waals surface area (Å²) in [4.78, 5) is 23.2. The van der Waals surface area contributed by atoms with Gasteiger partial charge in [-0.15, -0.1) is 0 Å². The molecular formula is C20H21N5O3. The summed E-state index contributed by atoms with van der Waals surface area (Å²) in [6.07, 6.45) is 2.71. The predicted molar refractivity (Wildman–Crippen MR) is 102 cm³/mol. The average molecular weight is 379 g/mol. The minimum Gasteiger partial charge on any atom is -0.484 e. The Kier molecular flexibility index (Phi) is 5.18. The monoisotopic (exact) mass is 379 g/mol. The van der Waals surface area contributed by atoms with Crippen molar-refractivity contribution in [3.05, 3.63) is 54.4 Å². The van der Waals surface area contributed by atoms with Crippen LogP contribution in [-0.2, 0) is 4.79 Å². The molecule has 1 amide bonds. The van der Waals surface area contributed by atoms with Gasteiger partial charge in [0.1, 0.15) is 17.3 Å². The third kappa shape index (κ3) is 3.95. The number of likely N-dealkylation sites (tertiary alicyclic amines) is 1. The zero-order valence-corrected chi connectivity index (χ0v) is 15.3. The lowest BCUT2D eigenvalue weighted by Gasteiger charge is -2.33. The van der Waals surface area contributed by atoms with Gasteiger partial charge >= 0.3 is 0 Å². The third-order valence-electron chi connectivity index (χ3n) is 4.66. The summed E-state index contributed by atoms with van der Waals surface area (Å²) in [6.45, 7) is 0.615. The van der Waals surface area contributed by atoms with E-state index in [1.807, 2.05) is 30.3 Å². The van der Waals surface area contributed by atoms with Crippen LogP contribution in [0.5, 0.6) is 5.75 Å². The molecule has 1 aliphatic rings. The number of nitrogen functional groups attached to an aromatic ring is 1. The van der Waals surface area contributed by atoms with E-state index in [-0.39, 0.29) is 18.6 Å². The molecule has 0 saturated carbocycles. The second kappa shape index (κ2) is 8.08. The Balaban J connectivity index is 1.48. The van der Waals surface area contributed by atoms with Gasteiger partial charge < -0.3 is 19.9 Å². The summed E-state index contributed by atoms with van der Waals surface area (Å²) < 4.78 is 11.0. The van der Waals surface area contributed by atoms with Crippen LogP contribution >= 0.6 is 0 Å². The predicted octanol–water partition coefficient (Wildman–Crippen LogP) is 2.85. The van der Waals surface area contributed by atoms with E-state index < -0.39 is 0 Å². The van der Waals surface area contributed by atoms with Crippen LogP contribution < -0.4 is 10.5 Å². The van der Waals surface area contributed by atoms with Crippen molar-refractivity contribution in [2.24, 2.45) is 0 Å². The van der Waals surface area contributed by atoms with E-state index in [1.165, 1.54) is 0 Å². The molecule has 0 radical (unpaired) electrons. The van der Waals surface area contributed by atoms with Crippen LogP contribution in [0.2, 0.25) is 0 Å². The van der Waals surface area contributed by atoms with E-state index in [0.29, 0.717) is 35.5 Å². The summed E-state index contributed by atoms with van der Waals surface area (Å²) in [5, 5.41) is 4.10. The molecule has 28 heavy (non-hydrogen) atoms. The minimum absolute atomic E-state index is 0.0258. The number of carbonyl (C=O) groups excluding carboxylic acids is 1. The summed E-state index contributed by atoms with van der Waals surface area (Å²) in [5.41, 5.74) is 6.23. The van der Waals surface area contributed by atoms with Gasteiger partial charge in [-0.25, -0.2) is 4.98 Å². The zero-order valence-electron chi connectivity index (χ0n) is 15.3. The fourth-order valence-corrected chi connectivity index (χ4v) is 3.29. The van der Waals surface area contributed by atoms with Crippen molar-refractivity contribution in [2.75, 3.05) is 18.9 Å². The van der Waals surface area contributed by atoms with Crippen molar-refractivity contribution in [1.29, 1.82) is 0 Å². The number of benzene rings is 1. The van der Waals surface area contributed by atoms with E-state index in [4.69, 9.17) is 15.0 Å². The molecule has 2 N–H and O–H groups in total. The van der Waals surface area contributed by atoms with Crippen LogP contribution in [-0.4, -0.2) is 39.1 Å². The van der Waals surface area contributed by atoms with Crippen LogP contribution in [0.1, 0.15) is 31.1 Å².